The third kappa shape index (κ3) is 3.74. The summed E-state index contributed by atoms with van der Waals surface area (Å²) in [6, 6.07) is 8.24. The first kappa shape index (κ1) is 12.8. The summed E-state index contributed by atoms with van der Waals surface area (Å²) in [4.78, 5) is 2.31. The Labute approximate surface area is 98.2 Å². The third-order valence-electron chi connectivity index (χ3n) is 2.58. The van der Waals surface area contributed by atoms with Gasteiger partial charge in [0.05, 0.1) is 6.61 Å². The highest BCUT2D eigenvalue weighted by Crippen LogP contribution is 2.19. The second kappa shape index (κ2) is 7.12. The molecule has 0 unspecified atom stereocenters. The lowest BCUT2D eigenvalue weighted by Crippen LogP contribution is -2.21. The number of nitrogens with zero attached hydrogens (tertiary/aromatic N) is 1. The highest BCUT2D eigenvalue weighted by molar-refractivity contribution is 5.48. The molecule has 0 aliphatic carbocycles. The number of rotatable bonds is 7. The van der Waals surface area contributed by atoms with E-state index in [4.69, 9.17) is 10.5 Å². The predicted octanol–water partition coefficient (Wildman–Crippen LogP) is 2.26. The van der Waals surface area contributed by atoms with Gasteiger partial charge in [0.1, 0.15) is 5.75 Å². The summed E-state index contributed by atoms with van der Waals surface area (Å²) in [6.07, 6.45) is 0.901. The smallest absolute Gasteiger partial charge is 0.119 e. The Balaban J connectivity index is 2.53. The second-order valence-electron chi connectivity index (χ2n) is 3.66. The SMILES string of the molecule is CCN(CC)c1ccc(OCCCN)cc1. The van der Waals surface area contributed by atoms with E-state index in [1.54, 1.807) is 0 Å². The van der Waals surface area contributed by atoms with Gasteiger partial charge in [0.2, 0.25) is 0 Å². The van der Waals surface area contributed by atoms with Gasteiger partial charge >= 0.3 is 0 Å². The Hall–Kier alpha value is -1.22. The quantitative estimate of drug-likeness (QED) is 0.719. The molecular formula is C13H22N2O. The summed E-state index contributed by atoms with van der Waals surface area (Å²) in [5.41, 5.74) is 6.65. The van der Waals surface area contributed by atoms with Gasteiger partial charge in [0.15, 0.2) is 0 Å². The average molecular weight is 222 g/mol. The molecular weight excluding hydrogens is 200 g/mol. The Morgan fingerprint density at radius 2 is 1.75 bits per heavy atom. The Kier molecular flexibility index (Phi) is 5.72. The molecule has 0 aliphatic rings. The molecule has 0 saturated carbocycles. The molecule has 90 valence electrons. The Morgan fingerprint density at radius 1 is 1.12 bits per heavy atom. The van der Waals surface area contributed by atoms with Crippen molar-refractivity contribution in [2.24, 2.45) is 5.73 Å². The van der Waals surface area contributed by atoms with Gasteiger partial charge in [-0.1, -0.05) is 0 Å². The van der Waals surface area contributed by atoms with Crippen molar-refractivity contribution in [3.8, 4) is 5.75 Å². The molecule has 1 aromatic carbocycles. The Bertz CT molecular complexity index is 280. The van der Waals surface area contributed by atoms with Gasteiger partial charge in [-0.25, -0.2) is 0 Å². The maximum atomic E-state index is 5.55. The fourth-order valence-corrected chi connectivity index (χ4v) is 1.62. The van der Waals surface area contributed by atoms with Crippen LogP contribution in [0.2, 0.25) is 0 Å². The molecule has 0 bridgehead atoms. The lowest BCUT2D eigenvalue weighted by atomic mass is 10.2. The van der Waals surface area contributed by atoms with Crippen molar-refractivity contribution >= 4 is 5.69 Å². The minimum atomic E-state index is 0.678. The number of anilines is 1. The van der Waals surface area contributed by atoms with Gasteiger partial charge in [-0.3, -0.25) is 0 Å². The normalized spacial score (nSPS) is 10.2. The molecule has 0 aromatic heterocycles. The highest BCUT2D eigenvalue weighted by Gasteiger charge is 2.01. The summed E-state index contributed by atoms with van der Waals surface area (Å²) >= 11 is 0. The fourth-order valence-electron chi connectivity index (χ4n) is 1.62. The van der Waals surface area contributed by atoms with E-state index in [-0.39, 0.29) is 0 Å². The van der Waals surface area contributed by atoms with Crippen LogP contribution >= 0.6 is 0 Å². The van der Waals surface area contributed by atoms with E-state index in [1.807, 2.05) is 12.1 Å². The highest BCUT2D eigenvalue weighted by atomic mass is 16.5. The monoisotopic (exact) mass is 222 g/mol. The van der Waals surface area contributed by atoms with E-state index in [1.165, 1.54) is 5.69 Å². The van der Waals surface area contributed by atoms with Crippen LogP contribution in [0, 0.1) is 0 Å². The number of hydrogen-bond acceptors (Lipinski definition) is 3. The molecule has 0 atom stereocenters. The van der Waals surface area contributed by atoms with Crippen LogP contribution in [-0.4, -0.2) is 26.2 Å². The predicted molar refractivity (Wildman–Crippen MR) is 69.2 cm³/mol. The topological polar surface area (TPSA) is 38.5 Å². The van der Waals surface area contributed by atoms with Crippen LogP contribution in [0.15, 0.2) is 24.3 Å². The molecule has 0 radical (unpaired) electrons. The van der Waals surface area contributed by atoms with Gasteiger partial charge in [-0.15, -0.1) is 0 Å². The number of ether oxygens (including phenoxy) is 1. The molecule has 3 nitrogen and oxygen atoms in total. The van der Waals surface area contributed by atoms with Gasteiger partial charge in [-0.2, -0.15) is 0 Å². The van der Waals surface area contributed by atoms with Crippen LogP contribution in [0.25, 0.3) is 0 Å². The zero-order chi connectivity index (χ0) is 11.8. The maximum Gasteiger partial charge on any atom is 0.119 e. The molecule has 0 aliphatic heterocycles. The summed E-state index contributed by atoms with van der Waals surface area (Å²) in [6.45, 7) is 7.76. The molecule has 3 heteroatoms. The number of benzene rings is 1. The van der Waals surface area contributed by atoms with E-state index in [0.717, 1.165) is 25.3 Å². The molecule has 1 rings (SSSR count). The van der Waals surface area contributed by atoms with E-state index < -0.39 is 0 Å². The summed E-state index contributed by atoms with van der Waals surface area (Å²) < 4.78 is 5.55. The van der Waals surface area contributed by atoms with Gasteiger partial charge in [0, 0.05) is 18.8 Å². The van der Waals surface area contributed by atoms with Crippen LogP contribution in [-0.2, 0) is 0 Å². The van der Waals surface area contributed by atoms with Crippen LogP contribution in [0.4, 0.5) is 5.69 Å². The number of hydrogen-bond donors (Lipinski definition) is 1. The van der Waals surface area contributed by atoms with Crippen molar-refractivity contribution in [2.75, 3.05) is 31.1 Å². The summed E-state index contributed by atoms with van der Waals surface area (Å²) in [5.74, 6) is 0.921. The molecule has 0 saturated heterocycles. The van der Waals surface area contributed by atoms with Crippen LogP contribution in [0.1, 0.15) is 20.3 Å². The standard InChI is InChI=1S/C13H22N2O/c1-3-15(4-2)12-6-8-13(9-7-12)16-11-5-10-14/h6-9H,3-5,10-11,14H2,1-2H3. The first-order chi connectivity index (χ1) is 7.81. The first-order valence-electron chi connectivity index (χ1n) is 5.99. The second-order valence-corrected chi connectivity index (χ2v) is 3.66. The maximum absolute atomic E-state index is 5.55. The summed E-state index contributed by atoms with van der Waals surface area (Å²) in [5, 5.41) is 0. The van der Waals surface area contributed by atoms with Crippen LogP contribution in [0.5, 0.6) is 5.75 Å². The van der Waals surface area contributed by atoms with E-state index in [2.05, 4.69) is 30.9 Å². The van der Waals surface area contributed by atoms with E-state index >= 15 is 0 Å². The molecule has 0 fully saturated rings. The molecule has 16 heavy (non-hydrogen) atoms. The molecule has 2 N–H and O–H groups in total. The van der Waals surface area contributed by atoms with Crippen LogP contribution in [0.3, 0.4) is 0 Å². The van der Waals surface area contributed by atoms with Crippen molar-refractivity contribution in [1.29, 1.82) is 0 Å². The molecule has 0 amide bonds. The first-order valence-corrected chi connectivity index (χ1v) is 5.99. The van der Waals surface area contributed by atoms with E-state index in [9.17, 15) is 0 Å². The summed E-state index contributed by atoms with van der Waals surface area (Å²) in [7, 11) is 0. The van der Waals surface area contributed by atoms with Crippen molar-refractivity contribution in [3.63, 3.8) is 0 Å². The average Bonchev–Trinajstić information content (AvgIpc) is 2.33. The minimum absolute atomic E-state index is 0.678. The third-order valence-corrected chi connectivity index (χ3v) is 2.58. The molecule has 0 heterocycles. The van der Waals surface area contributed by atoms with Crippen molar-refractivity contribution < 1.29 is 4.74 Å². The zero-order valence-corrected chi connectivity index (χ0v) is 10.3. The van der Waals surface area contributed by atoms with Gasteiger partial charge in [-0.05, 0) is 51.1 Å². The molecule has 1 aromatic rings. The Morgan fingerprint density at radius 3 is 2.25 bits per heavy atom. The fraction of sp³-hybridized carbons (Fsp3) is 0.538. The van der Waals surface area contributed by atoms with Gasteiger partial charge < -0.3 is 15.4 Å². The number of nitrogens with two attached hydrogens (primary N) is 1. The molecule has 0 spiro atoms. The lowest BCUT2D eigenvalue weighted by molar-refractivity contribution is 0.313. The van der Waals surface area contributed by atoms with Gasteiger partial charge in [0.25, 0.3) is 0 Å². The van der Waals surface area contributed by atoms with Crippen molar-refractivity contribution in [2.45, 2.75) is 20.3 Å². The van der Waals surface area contributed by atoms with E-state index in [0.29, 0.717) is 13.2 Å². The van der Waals surface area contributed by atoms with Crippen molar-refractivity contribution in [3.05, 3.63) is 24.3 Å². The largest absolute Gasteiger partial charge is 0.494 e. The van der Waals surface area contributed by atoms with Crippen LogP contribution < -0.4 is 15.4 Å². The minimum Gasteiger partial charge on any atom is -0.494 e. The van der Waals surface area contributed by atoms with Crippen molar-refractivity contribution in [1.82, 2.24) is 0 Å². The lowest BCUT2D eigenvalue weighted by Gasteiger charge is -2.21. The zero-order valence-electron chi connectivity index (χ0n) is 10.3.